The van der Waals surface area contributed by atoms with E-state index in [0.29, 0.717) is 5.00 Å². The molecule has 2 N–H and O–H groups in total. The molecule has 0 saturated carbocycles. The van der Waals surface area contributed by atoms with Crippen molar-refractivity contribution in [2.45, 2.75) is 40.0 Å². The second kappa shape index (κ2) is 6.54. The molecule has 0 bridgehead atoms. The van der Waals surface area contributed by atoms with Crippen LogP contribution in [0.5, 0.6) is 0 Å². The minimum Gasteiger partial charge on any atom is -0.478 e. The number of carboxylic acid groups (broad SMARTS) is 1. The third kappa shape index (κ3) is 3.57. The molecular formula is C13H19NO3S. The van der Waals surface area contributed by atoms with E-state index in [1.54, 1.807) is 6.07 Å². The molecule has 1 amide bonds. The van der Waals surface area contributed by atoms with Crippen molar-refractivity contribution in [1.82, 2.24) is 0 Å². The van der Waals surface area contributed by atoms with Gasteiger partial charge in [0.25, 0.3) is 0 Å². The zero-order valence-corrected chi connectivity index (χ0v) is 11.8. The van der Waals surface area contributed by atoms with Gasteiger partial charge in [0, 0.05) is 10.8 Å². The van der Waals surface area contributed by atoms with Gasteiger partial charge in [-0.05, 0) is 18.9 Å². The van der Waals surface area contributed by atoms with Crippen LogP contribution in [0.1, 0.15) is 48.8 Å². The highest BCUT2D eigenvalue weighted by atomic mass is 32.1. The molecule has 100 valence electrons. The summed E-state index contributed by atoms with van der Waals surface area (Å²) in [4.78, 5) is 23.9. The van der Waals surface area contributed by atoms with Gasteiger partial charge in [-0.25, -0.2) is 4.79 Å². The Labute approximate surface area is 111 Å². The number of hydrogen-bond acceptors (Lipinski definition) is 3. The monoisotopic (exact) mass is 269 g/mol. The molecule has 0 fully saturated rings. The van der Waals surface area contributed by atoms with Gasteiger partial charge < -0.3 is 10.4 Å². The molecule has 4 nitrogen and oxygen atoms in total. The van der Waals surface area contributed by atoms with Crippen LogP contribution in [0, 0.1) is 5.92 Å². The number of carbonyl (C=O) groups is 2. The van der Waals surface area contributed by atoms with Crippen molar-refractivity contribution in [2.75, 3.05) is 5.32 Å². The Balaban J connectivity index is 2.86. The van der Waals surface area contributed by atoms with Crippen molar-refractivity contribution in [2.24, 2.45) is 5.92 Å². The Kier molecular flexibility index (Phi) is 5.34. The Hall–Kier alpha value is -1.36. The molecule has 0 aliphatic heterocycles. The maximum atomic E-state index is 11.9. The number of nitrogens with one attached hydrogen (secondary N) is 1. The van der Waals surface area contributed by atoms with E-state index in [4.69, 9.17) is 5.11 Å². The fraction of sp³-hybridized carbons (Fsp3) is 0.538. The zero-order chi connectivity index (χ0) is 13.7. The highest BCUT2D eigenvalue weighted by Crippen LogP contribution is 2.29. The third-order valence-corrected chi connectivity index (χ3v) is 3.96. The predicted octanol–water partition coefficient (Wildman–Crippen LogP) is 3.38. The molecule has 0 radical (unpaired) electrons. The lowest BCUT2D eigenvalue weighted by Gasteiger charge is -2.10. The standard InChI is InChI=1S/C13H19NO3S/c1-4-6-8(3)11(15)14-12-10(13(16)17)7-9(5-2)18-12/h7-8H,4-6H2,1-3H3,(H,14,15)(H,16,17). The molecule has 18 heavy (non-hydrogen) atoms. The Morgan fingerprint density at radius 3 is 2.61 bits per heavy atom. The summed E-state index contributed by atoms with van der Waals surface area (Å²) in [5.74, 6) is -1.20. The Morgan fingerprint density at radius 1 is 1.44 bits per heavy atom. The van der Waals surface area contributed by atoms with E-state index in [0.717, 1.165) is 24.1 Å². The molecule has 1 atom stereocenters. The minimum absolute atomic E-state index is 0.0937. The van der Waals surface area contributed by atoms with Crippen LogP contribution in [-0.2, 0) is 11.2 Å². The fourth-order valence-corrected chi connectivity index (χ4v) is 2.66. The molecule has 5 heteroatoms. The van der Waals surface area contributed by atoms with Crippen LogP contribution in [0.4, 0.5) is 5.00 Å². The smallest absolute Gasteiger partial charge is 0.338 e. The first kappa shape index (κ1) is 14.7. The number of carboxylic acids is 1. The maximum absolute atomic E-state index is 11.9. The average Bonchev–Trinajstić information content (AvgIpc) is 2.72. The summed E-state index contributed by atoms with van der Waals surface area (Å²) >= 11 is 1.34. The number of anilines is 1. The number of rotatable bonds is 6. The van der Waals surface area contributed by atoms with Gasteiger partial charge in [0.1, 0.15) is 5.00 Å². The van der Waals surface area contributed by atoms with Crippen LogP contribution in [0.2, 0.25) is 0 Å². The third-order valence-electron chi connectivity index (χ3n) is 2.77. The normalized spacial score (nSPS) is 12.2. The molecule has 1 heterocycles. The summed E-state index contributed by atoms with van der Waals surface area (Å²) in [6, 6.07) is 1.63. The summed E-state index contributed by atoms with van der Waals surface area (Å²) in [6.45, 7) is 5.84. The lowest BCUT2D eigenvalue weighted by Crippen LogP contribution is -2.20. The molecule has 1 aromatic rings. The van der Waals surface area contributed by atoms with E-state index in [1.807, 2.05) is 20.8 Å². The van der Waals surface area contributed by atoms with Gasteiger partial charge in [-0.2, -0.15) is 0 Å². The molecule has 0 saturated heterocycles. The number of aryl methyl sites for hydroxylation is 1. The van der Waals surface area contributed by atoms with Crippen LogP contribution in [0.15, 0.2) is 6.07 Å². The van der Waals surface area contributed by atoms with Crippen molar-refractivity contribution in [1.29, 1.82) is 0 Å². The van der Waals surface area contributed by atoms with E-state index < -0.39 is 5.97 Å². The highest BCUT2D eigenvalue weighted by molar-refractivity contribution is 7.16. The van der Waals surface area contributed by atoms with Crippen LogP contribution in [0.25, 0.3) is 0 Å². The Morgan fingerprint density at radius 2 is 2.11 bits per heavy atom. The van der Waals surface area contributed by atoms with Gasteiger partial charge in [0.05, 0.1) is 5.56 Å². The summed E-state index contributed by atoms with van der Waals surface area (Å²) in [5, 5.41) is 12.3. The van der Waals surface area contributed by atoms with Gasteiger partial charge in [-0.1, -0.05) is 27.2 Å². The number of aromatic carboxylic acids is 1. The van der Waals surface area contributed by atoms with E-state index in [1.165, 1.54) is 11.3 Å². The molecule has 0 spiro atoms. The molecule has 0 aliphatic carbocycles. The number of amides is 1. The number of carbonyl (C=O) groups excluding carboxylic acids is 1. The molecule has 1 aromatic heterocycles. The minimum atomic E-state index is -0.996. The van der Waals surface area contributed by atoms with Crippen molar-refractivity contribution in [3.05, 3.63) is 16.5 Å². The van der Waals surface area contributed by atoms with Gasteiger partial charge in [-0.3, -0.25) is 4.79 Å². The summed E-state index contributed by atoms with van der Waals surface area (Å²) in [5.41, 5.74) is 0.189. The molecule has 0 aromatic carbocycles. The lowest BCUT2D eigenvalue weighted by molar-refractivity contribution is -0.119. The van der Waals surface area contributed by atoms with Crippen molar-refractivity contribution in [3.8, 4) is 0 Å². The summed E-state index contributed by atoms with van der Waals surface area (Å²) < 4.78 is 0. The van der Waals surface area contributed by atoms with Gasteiger partial charge in [0.2, 0.25) is 5.91 Å². The van der Waals surface area contributed by atoms with Crippen LogP contribution in [-0.4, -0.2) is 17.0 Å². The van der Waals surface area contributed by atoms with E-state index >= 15 is 0 Å². The molecular weight excluding hydrogens is 250 g/mol. The van der Waals surface area contributed by atoms with Gasteiger partial charge >= 0.3 is 5.97 Å². The predicted molar refractivity (Wildman–Crippen MR) is 73.4 cm³/mol. The van der Waals surface area contributed by atoms with Crippen molar-refractivity contribution >= 4 is 28.2 Å². The van der Waals surface area contributed by atoms with E-state index in [2.05, 4.69) is 5.32 Å². The van der Waals surface area contributed by atoms with Gasteiger partial charge in [-0.15, -0.1) is 11.3 Å². The number of hydrogen-bond donors (Lipinski definition) is 2. The van der Waals surface area contributed by atoms with Crippen molar-refractivity contribution in [3.63, 3.8) is 0 Å². The van der Waals surface area contributed by atoms with Crippen LogP contribution < -0.4 is 5.32 Å². The van der Waals surface area contributed by atoms with E-state index in [9.17, 15) is 9.59 Å². The van der Waals surface area contributed by atoms with E-state index in [-0.39, 0.29) is 17.4 Å². The second-order valence-corrected chi connectivity index (χ2v) is 5.43. The van der Waals surface area contributed by atoms with Crippen LogP contribution in [0.3, 0.4) is 0 Å². The topological polar surface area (TPSA) is 66.4 Å². The summed E-state index contributed by atoms with van der Waals surface area (Å²) in [7, 11) is 0. The summed E-state index contributed by atoms with van der Waals surface area (Å²) in [6.07, 6.45) is 2.51. The zero-order valence-electron chi connectivity index (χ0n) is 10.9. The second-order valence-electron chi connectivity index (χ2n) is 4.29. The maximum Gasteiger partial charge on any atom is 0.338 e. The highest BCUT2D eigenvalue weighted by Gasteiger charge is 2.19. The first-order chi connectivity index (χ1) is 8.49. The first-order valence-electron chi connectivity index (χ1n) is 6.16. The molecule has 1 unspecified atom stereocenters. The Bertz CT molecular complexity index is 439. The number of thiophene rings is 1. The fourth-order valence-electron chi connectivity index (χ4n) is 1.67. The molecule has 1 rings (SSSR count). The SMILES string of the molecule is CCCC(C)C(=O)Nc1sc(CC)cc1C(=O)O. The molecule has 0 aliphatic rings. The van der Waals surface area contributed by atoms with Crippen molar-refractivity contribution < 1.29 is 14.7 Å². The first-order valence-corrected chi connectivity index (χ1v) is 6.98. The quantitative estimate of drug-likeness (QED) is 0.832. The average molecular weight is 269 g/mol. The van der Waals surface area contributed by atoms with Crippen LogP contribution >= 0.6 is 11.3 Å². The van der Waals surface area contributed by atoms with Gasteiger partial charge in [0.15, 0.2) is 0 Å². The largest absolute Gasteiger partial charge is 0.478 e. The lowest BCUT2D eigenvalue weighted by atomic mass is 10.1.